The minimum atomic E-state index is -0.524. The molecule has 1 amide bonds. The van der Waals surface area contributed by atoms with Crippen molar-refractivity contribution < 1.29 is 9.53 Å². The van der Waals surface area contributed by atoms with Crippen LogP contribution < -0.4 is 16.2 Å². The van der Waals surface area contributed by atoms with Crippen molar-refractivity contribution in [2.24, 2.45) is 11.8 Å². The maximum Gasteiger partial charge on any atom is 0.425 e. The highest BCUT2D eigenvalue weighted by Crippen LogP contribution is 2.38. The topological polar surface area (TPSA) is 62.4 Å². The van der Waals surface area contributed by atoms with Gasteiger partial charge in [0.2, 0.25) is 0 Å². The highest BCUT2D eigenvalue weighted by Gasteiger charge is 2.35. The molecule has 0 aliphatic heterocycles. The van der Waals surface area contributed by atoms with Crippen molar-refractivity contribution in [1.29, 1.82) is 0 Å². The molecule has 0 aromatic carbocycles. The van der Waals surface area contributed by atoms with Crippen molar-refractivity contribution in [3.8, 4) is 0 Å². The Balaban J connectivity index is 1.68. The Morgan fingerprint density at radius 2 is 2.24 bits per heavy atom. The Morgan fingerprint density at radius 1 is 1.41 bits per heavy atom. The molecule has 0 aromatic heterocycles. The van der Waals surface area contributed by atoms with Gasteiger partial charge in [-0.3, -0.25) is 5.43 Å². The van der Waals surface area contributed by atoms with Gasteiger partial charge in [-0.25, -0.2) is 10.2 Å². The van der Waals surface area contributed by atoms with Crippen LogP contribution in [0.4, 0.5) is 4.79 Å². The van der Waals surface area contributed by atoms with Gasteiger partial charge in [0.25, 0.3) is 0 Å². The maximum atomic E-state index is 11.0. The van der Waals surface area contributed by atoms with E-state index in [0.717, 1.165) is 6.42 Å². The highest BCUT2D eigenvalue weighted by atomic mass is 32.1. The summed E-state index contributed by atoms with van der Waals surface area (Å²) in [7, 11) is 0. The predicted molar refractivity (Wildman–Crippen MR) is 68.2 cm³/mol. The lowest BCUT2D eigenvalue weighted by molar-refractivity contribution is 0.150. The van der Waals surface area contributed by atoms with Crippen LogP contribution in [-0.4, -0.2) is 23.9 Å². The lowest BCUT2D eigenvalue weighted by Gasteiger charge is -2.21. The number of amides is 1. The summed E-state index contributed by atoms with van der Waals surface area (Å²) >= 11 is 5.09. The molecule has 2 rings (SSSR count). The van der Waals surface area contributed by atoms with E-state index in [-0.39, 0.29) is 0 Å². The van der Waals surface area contributed by atoms with Gasteiger partial charge in [0.1, 0.15) is 0 Å². The fourth-order valence-corrected chi connectivity index (χ4v) is 2.63. The second-order valence-corrected chi connectivity index (χ2v) is 4.74. The summed E-state index contributed by atoms with van der Waals surface area (Å²) in [5.74, 6) is 1.26. The van der Waals surface area contributed by atoms with E-state index in [0.29, 0.717) is 29.6 Å². The number of thiocarbonyl (C=S) groups is 1. The van der Waals surface area contributed by atoms with Crippen LogP contribution in [0, 0.1) is 11.8 Å². The molecule has 0 aromatic rings. The molecule has 3 atom stereocenters. The number of ether oxygens (including phenoxy) is 1. The van der Waals surface area contributed by atoms with E-state index in [1.807, 2.05) is 0 Å². The van der Waals surface area contributed by atoms with Gasteiger partial charge in [-0.1, -0.05) is 12.2 Å². The number of allylic oxidation sites excluding steroid dienone is 1. The SMILES string of the molecule is CCOC(=O)NNC(=S)N[C@@H]1C[C@H]2C=C[C@@H]1C2. The molecular formula is C11H17N3O2S. The highest BCUT2D eigenvalue weighted by molar-refractivity contribution is 7.80. The number of carbonyl (C=O) groups excluding carboxylic acids is 1. The van der Waals surface area contributed by atoms with Crippen LogP contribution >= 0.6 is 12.2 Å². The molecule has 3 N–H and O–H groups in total. The van der Waals surface area contributed by atoms with Crippen LogP contribution in [0.1, 0.15) is 19.8 Å². The van der Waals surface area contributed by atoms with Gasteiger partial charge in [0, 0.05) is 6.04 Å². The van der Waals surface area contributed by atoms with Crippen molar-refractivity contribution in [2.75, 3.05) is 6.61 Å². The largest absolute Gasteiger partial charge is 0.449 e. The number of nitrogens with one attached hydrogen (secondary N) is 3. The summed E-state index contributed by atoms with van der Waals surface area (Å²) in [4.78, 5) is 11.0. The third-order valence-electron chi connectivity index (χ3n) is 3.15. The Kier molecular flexibility index (Phi) is 3.83. The lowest BCUT2D eigenvalue weighted by Crippen LogP contribution is -2.50. The number of fused-ring (bicyclic) bond motifs is 2. The van der Waals surface area contributed by atoms with Gasteiger partial charge < -0.3 is 10.1 Å². The summed E-state index contributed by atoms with van der Waals surface area (Å²) in [6.45, 7) is 2.09. The smallest absolute Gasteiger partial charge is 0.425 e. The molecule has 5 nitrogen and oxygen atoms in total. The molecule has 0 spiro atoms. The minimum absolute atomic E-state index is 0.338. The third-order valence-corrected chi connectivity index (χ3v) is 3.37. The number of hydrazine groups is 1. The van der Waals surface area contributed by atoms with Gasteiger partial charge in [-0.15, -0.1) is 0 Å². The Bertz CT molecular complexity index is 346. The number of hydrogen-bond acceptors (Lipinski definition) is 3. The normalized spacial score (nSPS) is 28.9. The molecule has 0 unspecified atom stereocenters. The maximum absolute atomic E-state index is 11.0. The molecule has 1 fully saturated rings. The summed E-state index contributed by atoms with van der Waals surface area (Å²) in [5.41, 5.74) is 4.99. The summed E-state index contributed by atoms with van der Waals surface area (Å²) < 4.78 is 4.70. The molecular weight excluding hydrogens is 238 g/mol. The van der Waals surface area contributed by atoms with E-state index in [1.165, 1.54) is 6.42 Å². The predicted octanol–water partition coefficient (Wildman–Crippen LogP) is 1.08. The Labute approximate surface area is 106 Å². The van der Waals surface area contributed by atoms with Crippen molar-refractivity contribution in [1.82, 2.24) is 16.2 Å². The molecule has 0 saturated heterocycles. The molecule has 2 aliphatic rings. The van der Waals surface area contributed by atoms with E-state index in [9.17, 15) is 4.79 Å². The average molecular weight is 255 g/mol. The lowest BCUT2D eigenvalue weighted by atomic mass is 10.0. The van der Waals surface area contributed by atoms with Crippen molar-refractivity contribution in [3.05, 3.63) is 12.2 Å². The molecule has 0 radical (unpaired) electrons. The molecule has 0 heterocycles. The van der Waals surface area contributed by atoms with Gasteiger partial charge in [-0.2, -0.15) is 0 Å². The molecule has 1 saturated carbocycles. The zero-order valence-corrected chi connectivity index (χ0v) is 10.5. The monoisotopic (exact) mass is 255 g/mol. The van der Waals surface area contributed by atoms with Crippen LogP contribution in [-0.2, 0) is 4.74 Å². The standard InChI is InChI=1S/C11H17N3O2S/c1-2-16-11(15)14-13-10(17)12-9-6-7-3-4-8(9)5-7/h3-4,7-9H,2,5-6H2,1H3,(H,14,15)(H2,12,13,17)/t7-,8+,9+/m0/s1. The first-order valence-electron chi connectivity index (χ1n) is 5.86. The second-order valence-electron chi connectivity index (χ2n) is 4.33. The van der Waals surface area contributed by atoms with Crippen LogP contribution in [0.5, 0.6) is 0 Å². The molecule has 2 aliphatic carbocycles. The Morgan fingerprint density at radius 3 is 2.82 bits per heavy atom. The van der Waals surface area contributed by atoms with Crippen molar-refractivity contribution in [2.45, 2.75) is 25.8 Å². The van der Waals surface area contributed by atoms with Crippen LogP contribution in [0.3, 0.4) is 0 Å². The van der Waals surface area contributed by atoms with E-state index in [1.54, 1.807) is 6.92 Å². The first kappa shape index (κ1) is 12.2. The van der Waals surface area contributed by atoms with Gasteiger partial charge in [0.05, 0.1) is 6.61 Å². The molecule has 94 valence electrons. The Hall–Kier alpha value is -1.30. The van der Waals surface area contributed by atoms with Gasteiger partial charge >= 0.3 is 6.09 Å². The number of hydrogen-bond donors (Lipinski definition) is 3. The van der Waals surface area contributed by atoms with Gasteiger partial charge in [-0.05, 0) is 43.8 Å². The second kappa shape index (κ2) is 5.35. The summed E-state index contributed by atoms with van der Waals surface area (Å²) in [5, 5.41) is 3.64. The van der Waals surface area contributed by atoms with E-state index < -0.39 is 6.09 Å². The van der Waals surface area contributed by atoms with Crippen LogP contribution in [0.15, 0.2) is 12.2 Å². The van der Waals surface area contributed by atoms with Crippen molar-refractivity contribution >= 4 is 23.4 Å². The number of rotatable bonds is 2. The number of carbonyl (C=O) groups is 1. The fraction of sp³-hybridized carbons (Fsp3) is 0.636. The minimum Gasteiger partial charge on any atom is -0.449 e. The third kappa shape index (κ3) is 3.09. The average Bonchev–Trinajstić information content (AvgIpc) is 2.88. The molecule has 6 heteroatoms. The molecule has 17 heavy (non-hydrogen) atoms. The fourth-order valence-electron chi connectivity index (χ4n) is 2.43. The summed E-state index contributed by atoms with van der Waals surface area (Å²) in [6.07, 6.45) is 6.32. The zero-order valence-electron chi connectivity index (χ0n) is 9.73. The van der Waals surface area contributed by atoms with E-state index in [2.05, 4.69) is 28.3 Å². The van der Waals surface area contributed by atoms with Crippen LogP contribution in [0.2, 0.25) is 0 Å². The quantitative estimate of drug-likeness (QED) is 0.391. The first-order valence-corrected chi connectivity index (χ1v) is 6.27. The zero-order chi connectivity index (χ0) is 12.3. The first-order chi connectivity index (χ1) is 8.19. The van der Waals surface area contributed by atoms with Crippen molar-refractivity contribution in [3.63, 3.8) is 0 Å². The van der Waals surface area contributed by atoms with Crippen LogP contribution in [0.25, 0.3) is 0 Å². The van der Waals surface area contributed by atoms with Gasteiger partial charge in [0.15, 0.2) is 5.11 Å². The molecule has 2 bridgehead atoms. The van der Waals surface area contributed by atoms with E-state index in [4.69, 9.17) is 17.0 Å². The summed E-state index contributed by atoms with van der Waals surface area (Å²) in [6, 6.07) is 0.383. The van der Waals surface area contributed by atoms with E-state index >= 15 is 0 Å².